The average molecular weight is 422 g/mol. The molecular formula is C24H27N3O2S. The van der Waals surface area contributed by atoms with Gasteiger partial charge in [0.2, 0.25) is 5.91 Å². The molecule has 1 aliphatic rings. The van der Waals surface area contributed by atoms with Gasteiger partial charge in [0.25, 0.3) is 5.56 Å². The van der Waals surface area contributed by atoms with Crippen molar-refractivity contribution in [2.45, 2.75) is 44.2 Å². The van der Waals surface area contributed by atoms with E-state index < -0.39 is 0 Å². The molecule has 6 heteroatoms. The Bertz CT molecular complexity index is 1100. The number of aryl methyl sites for hydroxylation is 1. The lowest BCUT2D eigenvalue weighted by Gasteiger charge is -2.24. The van der Waals surface area contributed by atoms with Crippen molar-refractivity contribution in [1.29, 1.82) is 0 Å². The highest BCUT2D eigenvalue weighted by Crippen LogP contribution is 2.24. The van der Waals surface area contributed by atoms with Crippen molar-refractivity contribution in [1.82, 2.24) is 14.5 Å². The molecule has 0 spiro atoms. The third-order valence-corrected chi connectivity index (χ3v) is 6.56. The fraction of sp³-hybridized carbons (Fsp3) is 0.375. The van der Waals surface area contributed by atoms with Gasteiger partial charge in [0.1, 0.15) is 0 Å². The van der Waals surface area contributed by atoms with Crippen molar-refractivity contribution in [2.75, 3.05) is 18.8 Å². The van der Waals surface area contributed by atoms with Crippen LogP contribution in [0.3, 0.4) is 0 Å². The number of aromatic nitrogens is 2. The van der Waals surface area contributed by atoms with E-state index in [1.807, 2.05) is 54.3 Å². The zero-order valence-electron chi connectivity index (χ0n) is 17.3. The molecule has 0 bridgehead atoms. The summed E-state index contributed by atoms with van der Waals surface area (Å²) in [5.74, 6) is 0.414. The lowest BCUT2D eigenvalue weighted by molar-refractivity contribution is -0.128. The number of likely N-dealkylation sites (tertiary alicyclic amines) is 1. The SMILES string of the molecule is Cc1ccccc1-n1c(SCC(=O)N2CCCCCCC2)nc2ccccc2c1=O. The van der Waals surface area contributed by atoms with Crippen molar-refractivity contribution in [3.63, 3.8) is 0 Å². The first-order chi connectivity index (χ1) is 14.6. The molecule has 4 rings (SSSR count). The number of para-hydroxylation sites is 2. The van der Waals surface area contributed by atoms with Crippen molar-refractivity contribution in [2.24, 2.45) is 0 Å². The lowest BCUT2D eigenvalue weighted by atomic mass is 10.1. The van der Waals surface area contributed by atoms with Crippen LogP contribution >= 0.6 is 11.8 Å². The second-order valence-electron chi connectivity index (χ2n) is 7.78. The van der Waals surface area contributed by atoms with Crippen LogP contribution in [-0.4, -0.2) is 39.2 Å². The van der Waals surface area contributed by atoms with Crippen molar-refractivity contribution in [3.8, 4) is 5.69 Å². The average Bonchev–Trinajstić information content (AvgIpc) is 2.73. The quantitative estimate of drug-likeness (QED) is 0.457. The van der Waals surface area contributed by atoms with Crippen LogP contribution in [0.25, 0.3) is 16.6 Å². The molecule has 5 nitrogen and oxygen atoms in total. The maximum Gasteiger partial charge on any atom is 0.266 e. The van der Waals surface area contributed by atoms with Gasteiger partial charge in [-0.2, -0.15) is 0 Å². The van der Waals surface area contributed by atoms with Gasteiger partial charge in [-0.05, 0) is 43.5 Å². The molecule has 0 aliphatic carbocycles. The van der Waals surface area contributed by atoms with E-state index in [2.05, 4.69) is 0 Å². The standard InChI is InChI=1S/C24H27N3O2S/c1-18-11-5-8-14-21(18)27-23(29)19-12-6-7-13-20(19)25-24(27)30-17-22(28)26-15-9-3-2-4-10-16-26/h5-8,11-14H,2-4,9-10,15-17H2,1H3. The number of hydrogen-bond acceptors (Lipinski definition) is 4. The molecule has 156 valence electrons. The van der Waals surface area contributed by atoms with E-state index >= 15 is 0 Å². The third kappa shape index (κ3) is 4.43. The van der Waals surface area contributed by atoms with Crippen LogP contribution < -0.4 is 5.56 Å². The number of thioether (sulfide) groups is 1. The molecule has 2 aromatic carbocycles. The summed E-state index contributed by atoms with van der Waals surface area (Å²) in [6.45, 7) is 3.64. The summed E-state index contributed by atoms with van der Waals surface area (Å²) in [6, 6.07) is 15.2. The minimum atomic E-state index is -0.101. The highest BCUT2D eigenvalue weighted by Gasteiger charge is 2.19. The summed E-state index contributed by atoms with van der Waals surface area (Å²) in [5.41, 5.74) is 2.36. The number of carbonyl (C=O) groups is 1. The van der Waals surface area contributed by atoms with Crippen LogP contribution in [0.1, 0.15) is 37.7 Å². The monoisotopic (exact) mass is 421 g/mol. The maximum atomic E-state index is 13.3. The van der Waals surface area contributed by atoms with Gasteiger partial charge < -0.3 is 4.90 Å². The van der Waals surface area contributed by atoms with E-state index in [0.717, 1.165) is 37.2 Å². The highest BCUT2D eigenvalue weighted by molar-refractivity contribution is 7.99. The maximum absolute atomic E-state index is 13.3. The van der Waals surface area contributed by atoms with Gasteiger partial charge in [-0.1, -0.05) is 61.4 Å². The summed E-state index contributed by atoms with van der Waals surface area (Å²) in [4.78, 5) is 33.0. The van der Waals surface area contributed by atoms with E-state index in [1.165, 1.54) is 31.0 Å². The molecule has 1 amide bonds. The Balaban J connectivity index is 1.67. The summed E-state index contributed by atoms with van der Waals surface area (Å²) < 4.78 is 1.66. The van der Waals surface area contributed by atoms with E-state index in [-0.39, 0.29) is 17.2 Å². The molecule has 0 saturated carbocycles. The Kier molecular flexibility index (Phi) is 6.53. The van der Waals surface area contributed by atoms with Crippen LogP contribution in [0, 0.1) is 6.92 Å². The third-order valence-electron chi connectivity index (χ3n) is 5.63. The van der Waals surface area contributed by atoms with E-state index in [0.29, 0.717) is 16.1 Å². The van der Waals surface area contributed by atoms with Gasteiger partial charge in [0.15, 0.2) is 5.16 Å². The molecule has 1 aromatic heterocycles. The normalized spacial score (nSPS) is 15.0. The van der Waals surface area contributed by atoms with Crippen molar-refractivity contribution < 1.29 is 4.79 Å². The molecule has 3 aromatic rings. The van der Waals surface area contributed by atoms with Gasteiger partial charge >= 0.3 is 0 Å². The topological polar surface area (TPSA) is 55.2 Å². The Hall–Kier alpha value is -2.60. The zero-order chi connectivity index (χ0) is 20.9. The first-order valence-corrected chi connectivity index (χ1v) is 11.6. The molecular weight excluding hydrogens is 394 g/mol. The Morgan fingerprint density at radius 3 is 2.40 bits per heavy atom. The Labute approximate surface area is 181 Å². The Morgan fingerprint density at radius 1 is 0.967 bits per heavy atom. The molecule has 1 fully saturated rings. The van der Waals surface area contributed by atoms with Crippen LogP contribution in [0.4, 0.5) is 0 Å². The number of amides is 1. The van der Waals surface area contributed by atoms with Crippen LogP contribution in [0.15, 0.2) is 58.5 Å². The predicted octanol–water partition coefficient (Wildman–Crippen LogP) is 4.58. The number of rotatable bonds is 4. The zero-order valence-corrected chi connectivity index (χ0v) is 18.2. The largest absolute Gasteiger partial charge is 0.342 e. The molecule has 1 saturated heterocycles. The summed E-state index contributed by atoms with van der Waals surface area (Å²) in [6.07, 6.45) is 5.78. The number of hydrogen-bond donors (Lipinski definition) is 0. The number of fused-ring (bicyclic) bond motifs is 1. The second-order valence-corrected chi connectivity index (χ2v) is 8.72. The summed E-state index contributed by atoms with van der Waals surface area (Å²) in [5, 5.41) is 1.15. The van der Waals surface area contributed by atoms with Gasteiger partial charge in [0, 0.05) is 13.1 Å². The summed E-state index contributed by atoms with van der Waals surface area (Å²) in [7, 11) is 0. The second kappa shape index (κ2) is 9.47. The number of nitrogens with zero attached hydrogens (tertiary/aromatic N) is 3. The number of benzene rings is 2. The lowest BCUT2D eigenvalue weighted by Crippen LogP contribution is -2.35. The van der Waals surface area contributed by atoms with Crippen molar-refractivity contribution in [3.05, 3.63) is 64.4 Å². The van der Waals surface area contributed by atoms with Crippen LogP contribution in [0.5, 0.6) is 0 Å². The van der Waals surface area contributed by atoms with Crippen molar-refractivity contribution >= 4 is 28.6 Å². The van der Waals surface area contributed by atoms with E-state index in [1.54, 1.807) is 10.6 Å². The first kappa shape index (κ1) is 20.7. The molecule has 0 radical (unpaired) electrons. The molecule has 0 atom stereocenters. The van der Waals surface area contributed by atoms with Gasteiger partial charge in [0.05, 0.1) is 22.3 Å². The fourth-order valence-corrected chi connectivity index (χ4v) is 4.86. The van der Waals surface area contributed by atoms with Crippen LogP contribution in [-0.2, 0) is 4.79 Å². The molecule has 0 N–H and O–H groups in total. The molecule has 2 heterocycles. The molecule has 1 aliphatic heterocycles. The number of carbonyl (C=O) groups excluding carboxylic acids is 1. The van der Waals surface area contributed by atoms with Gasteiger partial charge in [-0.3, -0.25) is 14.2 Å². The Morgan fingerprint density at radius 2 is 1.63 bits per heavy atom. The van der Waals surface area contributed by atoms with E-state index in [4.69, 9.17) is 4.98 Å². The van der Waals surface area contributed by atoms with Crippen LogP contribution in [0.2, 0.25) is 0 Å². The predicted molar refractivity (Wildman–Crippen MR) is 122 cm³/mol. The molecule has 30 heavy (non-hydrogen) atoms. The smallest absolute Gasteiger partial charge is 0.266 e. The van der Waals surface area contributed by atoms with E-state index in [9.17, 15) is 9.59 Å². The van der Waals surface area contributed by atoms with Gasteiger partial charge in [-0.15, -0.1) is 0 Å². The minimum absolute atomic E-state index is 0.101. The minimum Gasteiger partial charge on any atom is -0.342 e. The molecule has 0 unspecified atom stereocenters. The highest BCUT2D eigenvalue weighted by atomic mass is 32.2. The first-order valence-electron chi connectivity index (χ1n) is 10.6. The fourth-order valence-electron chi connectivity index (χ4n) is 3.95. The van der Waals surface area contributed by atoms with Gasteiger partial charge in [-0.25, -0.2) is 4.98 Å². The summed E-state index contributed by atoms with van der Waals surface area (Å²) >= 11 is 1.35.